The SMILES string of the molecule is Cl.NCC1(c2ccccc2)CC(NC(=O)c2ccn3c2CCCC3)C1. The van der Waals surface area contributed by atoms with Gasteiger partial charge in [0.1, 0.15) is 0 Å². The van der Waals surface area contributed by atoms with Crippen molar-refractivity contribution in [2.45, 2.75) is 50.1 Å². The van der Waals surface area contributed by atoms with E-state index in [2.05, 4.69) is 40.3 Å². The molecule has 0 radical (unpaired) electrons. The molecule has 5 heteroatoms. The van der Waals surface area contributed by atoms with E-state index in [1.54, 1.807) is 0 Å². The molecular weight excluding hydrogens is 334 g/mol. The van der Waals surface area contributed by atoms with E-state index in [9.17, 15) is 4.79 Å². The zero-order valence-corrected chi connectivity index (χ0v) is 15.2. The van der Waals surface area contributed by atoms with Crippen LogP contribution >= 0.6 is 12.4 Å². The van der Waals surface area contributed by atoms with E-state index in [1.165, 1.54) is 24.1 Å². The number of amides is 1. The first-order chi connectivity index (χ1) is 11.7. The monoisotopic (exact) mass is 359 g/mol. The summed E-state index contributed by atoms with van der Waals surface area (Å²) < 4.78 is 2.23. The number of nitrogens with zero attached hydrogens (tertiary/aromatic N) is 1. The molecule has 2 aliphatic rings. The molecule has 134 valence electrons. The lowest BCUT2D eigenvalue weighted by Crippen LogP contribution is -2.56. The number of carbonyl (C=O) groups excluding carboxylic acids is 1. The summed E-state index contributed by atoms with van der Waals surface area (Å²) in [6, 6.07) is 12.6. The fourth-order valence-corrected chi connectivity index (χ4v) is 4.34. The normalized spacial score (nSPS) is 24.6. The number of halogens is 1. The highest BCUT2D eigenvalue weighted by atomic mass is 35.5. The standard InChI is InChI=1S/C20H25N3O.ClH/c21-14-20(15-6-2-1-3-7-15)12-16(13-20)22-19(24)17-9-11-23-10-5-4-8-18(17)23;/h1-3,6-7,9,11,16H,4-5,8,10,12-14,21H2,(H,22,24);1H. The van der Waals surface area contributed by atoms with Crippen molar-refractivity contribution >= 4 is 18.3 Å². The van der Waals surface area contributed by atoms with Crippen LogP contribution in [-0.4, -0.2) is 23.1 Å². The quantitative estimate of drug-likeness (QED) is 0.881. The third-order valence-corrected chi connectivity index (χ3v) is 5.77. The van der Waals surface area contributed by atoms with E-state index in [1.807, 2.05) is 12.1 Å². The molecule has 1 aliphatic heterocycles. The van der Waals surface area contributed by atoms with Crippen molar-refractivity contribution in [1.29, 1.82) is 0 Å². The largest absolute Gasteiger partial charge is 0.351 e. The van der Waals surface area contributed by atoms with Crippen LogP contribution in [0.5, 0.6) is 0 Å². The fraction of sp³-hybridized carbons (Fsp3) is 0.450. The van der Waals surface area contributed by atoms with Gasteiger partial charge in [-0.2, -0.15) is 0 Å². The zero-order chi connectivity index (χ0) is 16.6. The molecular formula is C20H26ClN3O. The fourth-order valence-electron chi connectivity index (χ4n) is 4.34. The number of fused-ring (bicyclic) bond motifs is 1. The first-order valence-corrected chi connectivity index (χ1v) is 8.96. The van der Waals surface area contributed by atoms with E-state index in [0.29, 0.717) is 6.54 Å². The zero-order valence-electron chi connectivity index (χ0n) is 14.4. The van der Waals surface area contributed by atoms with Crippen molar-refractivity contribution in [2.75, 3.05) is 6.54 Å². The smallest absolute Gasteiger partial charge is 0.253 e. The molecule has 1 aromatic heterocycles. The van der Waals surface area contributed by atoms with Crippen molar-refractivity contribution in [3.8, 4) is 0 Å². The first-order valence-electron chi connectivity index (χ1n) is 8.96. The topological polar surface area (TPSA) is 60.0 Å². The predicted octanol–water partition coefficient (Wildman–Crippen LogP) is 3.04. The maximum absolute atomic E-state index is 12.7. The van der Waals surface area contributed by atoms with Gasteiger partial charge in [-0.3, -0.25) is 4.79 Å². The van der Waals surface area contributed by atoms with E-state index >= 15 is 0 Å². The maximum Gasteiger partial charge on any atom is 0.253 e. The molecule has 0 bridgehead atoms. The Balaban J connectivity index is 0.00000182. The summed E-state index contributed by atoms with van der Waals surface area (Å²) >= 11 is 0. The molecule has 4 rings (SSSR count). The Hall–Kier alpha value is -1.78. The summed E-state index contributed by atoms with van der Waals surface area (Å²) in [5.41, 5.74) is 9.44. The molecule has 1 saturated carbocycles. The number of hydrogen-bond donors (Lipinski definition) is 2. The molecule has 0 unspecified atom stereocenters. The van der Waals surface area contributed by atoms with Crippen LogP contribution in [0, 0.1) is 0 Å². The van der Waals surface area contributed by atoms with Gasteiger partial charge in [0.15, 0.2) is 0 Å². The predicted molar refractivity (Wildman–Crippen MR) is 102 cm³/mol. The van der Waals surface area contributed by atoms with E-state index in [-0.39, 0.29) is 29.8 Å². The van der Waals surface area contributed by atoms with Crippen molar-refractivity contribution in [1.82, 2.24) is 9.88 Å². The van der Waals surface area contributed by atoms with Crippen LogP contribution in [0.25, 0.3) is 0 Å². The van der Waals surface area contributed by atoms with Gasteiger partial charge in [-0.05, 0) is 43.7 Å². The summed E-state index contributed by atoms with van der Waals surface area (Å²) in [6.07, 6.45) is 7.31. The van der Waals surface area contributed by atoms with Crippen molar-refractivity contribution in [3.05, 3.63) is 59.4 Å². The number of rotatable bonds is 4. The molecule has 3 N–H and O–H groups in total. The van der Waals surface area contributed by atoms with Crippen molar-refractivity contribution < 1.29 is 4.79 Å². The van der Waals surface area contributed by atoms with Gasteiger partial charge in [0.05, 0.1) is 5.56 Å². The van der Waals surface area contributed by atoms with Gasteiger partial charge in [-0.25, -0.2) is 0 Å². The lowest BCUT2D eigenvalue weighted by Gasteiger charge is -2.48. The van der Waals surface area contributed by atoms with E-state index in [0.717, 1.165) is 31.4 Å². The molecule has 0 saturated heterocycles. The van der Waals surface area contributed by atoms with Gasteiger partial charge >= 0.3 is 0 Å². The summed E-state index contributed by atoms with van der Waals surface area (Å²) in [6.45, 7) is 1.67. The van der Waals surface area contributed by atoms with E-state index < -0.39 is 0 Å². The van der Waals surface area contributed by atoms with Gasteiger partial charge in [0.2, 0.25) is 0 Å². The van der Waals surface area contributed by atoms with Gasteiger partial charge in [-0.1, -0.05) is 30.3 Å². The number of aromatic nitrogens is 1. The van der Waals surface area contributed by atoms with Gasteiger partial charge in [0, 0.05) is 36.4 Å². The van der Waals surface area contributed by atoms with Crippen LogP contribution in [-0.2, 0) is 18.4 Å². The molecule has 25 heavy (non-hydrogen) atoms. The summed E-state index contributed by atoms with van der Waals surface area (Å²) in [4.78, 5) is 12.7. The van der Waals surface area contributed by atoms with Crippen molar-refractivity contribution in [3.63, 3.8) is 0 Å². The maximum atomic E-state index is 12.7. The Labute approximate surface area is 155 Å². The average molecular weight is 360 g/mol. The molecule has 2 aromatic rings. The Morgan fingerprint density at radius 1 is 1.20 bits per heavy atom. The second kappa shape index (κ2) is 7.22. The molecule has 1 fully saturated rings. The van der Waals surface area contributed by atoms with Crippen molar-refractivity contribution in [2.24, 2.45) is 5.73 Å². The molecule has 2 heterocycles. The molecule has 1 amide bonds. The Morgan fingerprint density at radius 3 is 2.68 bits per heavy atom. The molecule has 0 atom stereocenters. The van der Waals surface area contributed by atoms with Gasteiger partial charge in [0.25, 0.3) is 5.91 Å². The Morgan fingerprint density at radius 2 is 1.96 bits per heavy atom. The molecule has 4 nitrogen and oxygen atoms in total. The van der Waals surface area contributed by atoms with Gasteiger partial charge < -0.3 is 15.6 Å². The van der Waals surface area contributed by atoms with E-state index in [4.69, 9.17) is 5.73 Å². The van der Waals surface area contributed by atoms with Crippen LogP contribution in [0.2, 0.25) is 0 Å². The highest BCUT2D eigenvalue weighted by Crippen LogP contribution is 2.43. The number of benzene rings is 1. The molecule has 1 aliphatic carbocycles. The third-order valence-electron chi connectivity index (χ3n) is 5.77. The summed E-state index contributed by atoms with van der Waals surface area (Å²) in [7, 11) is 0. The summed E-state index contributed by atoms with van der Waals surface area (Å²) in [5, 5.41) is 3.22. The number of carbonyl (C=O) groups is 1. The highest BCUT2D eigenvalue weighted by Gasteiger charge is 2.45. The van der Waals surface area contributed by atoms with Crippen LogP contribution in [0.4, 0.5) is 0 Å². The minimum absolute atomic E-state index is 0. The lowest BCUT2D eigenvalue weighted by atomic mass is 9.61. The molecule has 1 aromatic carbocycles. The van der Waals surface area contributed by atoms with Crippen LogP contribution < -0.4 is 11.1 Å². The highest BCUT2D eigenvalue weighted by molar-refractivity contribution is 5.95. The minimum atomic E-state index is 0. The first kappa shape index (κ1) is 18.0. The Kier molecular flexibility index (Phi) is 5.21. The number of nitrogens with one attached hydrogen (secondary N) is 1. The van der Waals surface area contributed by atoms with Crippen LogP contribution in [0.3, 0.4) is 0 Å². The number of hydrogen-bond acceptors (Lipinski definition) is 2. The summed E-state index contributed by atoms with van der Waals surface area (Å²) in [5.74, 6) is 0.0781. The number of aryl methyl sites for hydroxylation is 1. The molecule has 0 spiro atoms. The van der Waals surface area contributed by atoms with Gasteiger partial charge in [-0.15, -0.1) is 12.4 Å². The van der Waals surface area contributed by atoms with Crippen LogP contribution in [0.1, 0.15) is 47.3 Å². The third kappa shape index (κ3) is 3.21. The number of nitrogens with two attached hydrogens (primary N) is 1. The van der Waals surface area contributed by atoms with Crippen LogP contribution in [0.15, 0.2) is 42.6 Å². The average Bonchev–Trinajstić information content (AvgIpc) is 3.02. The minimum Gasteiger partial charge on any atom is -0.351 e. The second-order valence-corrected chi connectivity index (χ2v) is 7.26. The second-order valence-electron chi connectivity index (χ2n) is 7.26. The Bertz CT molecular complexity index is 735. The lowest BCUT2D eigenvalue weighted by molar-refractivity contribution is 0.0865.